The van der Waals surface area contributed by atoms with E-state index in [9.17, 15) is 4.79 Å². The maximum absolute atomic E-state index is 12.0. The zero-order valence-corrected chi connectivity index (χ0v) is 23.2. The van der Waals surface area contributed by atoms with Gasteiger partial charge in [0, 0.05) is 25.7 Å². The lowest BCUT2D eigenvalue weighted by Gasteiger charge is -2.28. The maximum atomic E-state index is 12.0. The SMILES string of the molecule is COC(=O)[C@H]1CCC[C@H](Oc2ccc(-c3nnn(C)c3CNC3N=NN(c4ccc(Cl)cc4)N3C)nc2C)C1. The summed E-state index contributed by atoms with van der Waals surface area (Å²) in [4.78, 5) is 16.8. The number of methoxy groups -OCH3 is 1. The number of hydrazine groups is 1. The van der Waals surface area contributed by atoms with Crippen molar-refractivity contribution in [1.82, 2.24) is 30.3 Å². The first-order valence-electron chi connectivity index (χ1n) is 12.9. The van der Waals surface area contributed by atoms with Gasteiger partial charge in [-0.1, -0.05) is 22.0 Å². The van der Waals surface area contributed by atoms with Gasteiger partial charge in [-0.25, -0.2) is 4.98 Å². The van der Waals surface area contributed by atoms with E-state index in [4.69, 9.17) is 26.1 Å². The van der Waals surface area contributed by atoms with Gasteiger partial charge in [0.15, 0.2) is 6.29 Å². The first kappa shape index (κ1) is 27.0. The summed E-state index contributed by atoms with van der Waals surface area (Å²) >= 11 is 6.01. The summed E-state index contributed by atoms with van der Waals surface area (Å²) in [6.07, 6.45) is 2.89. The molecule has 1 aromatic carbocycles. The molecule has 1 N–H and O–H groups in total. The Balaban J connectivity index is 1.24. The molecule has 39 heavy (non-hydrogen) atoms. The Morgan fingerprint density at radius 1 is 1.15 bits per heavy atom. The maximum Gasteiger partial charge on any atom is 0.308 e. The van der Waals surface area contributed by atoms with Crippen LogP contribution >= 0.6 is 11.6 Å². The second-order valence-corrected chi connectivity index (χ2v) is 10.2. The number of carbonyl (C=O) groups excluding carboxylic acids is 1. The van der Waals surface area contributed by atoms with Gasteiger partial charge in [-0.15, -0.1) is 10.2 Å². The van der Waals surface area contributed by atoms with Crippen LogP contribution in [-0.4, -0.2) is 57.5 Å². The average molecular weight is 554 g/mol. The van der Waals surface area contributed by atoms with Gasteiger partial charge in [0.05, 0.1) is 41.9 Å². The lowest BCUT2D eigenvalue weighted by molar-refractivity contribution is -0.147. The number of pyridine rings is 1. The Labute approximate surface area is 231 Å². The van der Waals surface area contributed by atoms with Gasteiger partial charge in [-0.3, -0.25) is 14.8 Å². The molecule has 3 heterocycles. The molecule has 206 valence electrons. The van der Waals surface area contributed by atoms with E-state index >= 15 is 0 Å². The minimum absolute atomic E-state index is 0.0459. The fourth-order valence-electron chi connectivity index (χ4n) is 4.90. The molecule has 1 aliphatic carbocycles. The predicted molar refractivity (Wildman–Crippen MR) is 145 cm³/mol. The summed E-state index contributed by atoms with van der Waals surface area (Å²) < 4.78 is 12.9. The summed E-state index contributed by atoms with van der Waals surface area (Å²) in [6.45, 7) is 2.35. The van der Waals surface area contributed by atoms with Crippen molar-refractivity contribution in [3.8, 4) is 17.1 Å². The number of aromatic nitrogens is 4. The number of rotatable bonds is 8. The molecular weight excluding hydrogens is 522 g/mol. The molecule has 0 amide bonds. The molecule has 1 fully saturated rings. The molecule has 0 saturated heterocycles. The number of nitrogens with one attached hydrogen (secondary N) is 1. The Kier molecular flexibility index (Phi) is 8.05. The number of esters is 1. The van der Waals surface area contributed by atoms with E-state index in [1.165, 1.54) is 7.11 Å². The van der Waals surface area contributed by atoms with E-state index in [1.54, 1.807) is 9.80 Å². The van der Waals surface area contributed by atoms with Gasteiger partial charge >= 0.3 is 5.97 Å². The predicted octanol–water partition coefficient (Wildman–Crippen LogP) is 4.06. The van der Waals surface area contributed by atoms with Crippen LogP contribution in [0.15, 0.2) is 46.7 Å². The Bertz CT molecular complexity index is 1350. The van der Waals surface area contributed by atoms with Crippen LogP contribution in [0.25, 0.3) is 11.4 Å². The summed E-state index contributed by atoms with van der Waals surface area (Å²) in [5, 5.41) is 24.9. The standard InChI is InChI=1S/C26H32ClN9O3/c1-16-23(39-20-7-5-6-17(14-20)25(37)38-4)13-12-21(29-16)24-22(34(2)32-30-24)15-28-26-31-33-36(35(26)3)19-10-8-18(27)9-11-19/h8-13,17,20,26,28H,5-7,14-15H2,1-4H3/t17-,20-,26?/m0/s1. The molecule has 1 aliphatic heterocycles. The smallest absolute Gasteiger partial charge is 0.308 e. The number of anilines is 1. The molecule has 5 rings (SSSR count). The highest BCUT2D eigenvalue weighted by Gasteiger charge is 2.30. The number of ether oxygens (including phenoxy) is 2. The van der Waals surface area contributed by atoms with Crippen molar-refractivity contribution in [2.45, 2.75) is 51.5 Å². The van der Waals surface area contributed by atoms with Gasteiger partial charge in [0.2, 0.25) is 0 Å². The van der Waals surface area contributed by atoms with Crippen LogP contribution in [0.4, 0.5) is 5.69 Å². The number of halogens is 1. The van der Waals surface area contributed by atoms with Crippen molar-refractivity contribution >= 4 is 23.3 Å². The van der Waals surface area contributed by atoms with Crippen molar-refractivity contribution in [1.29, 1.82) is 0 Å². The first-order chi connectivity index (χ1) is 18.8. The third kappa shape index (κ3) is 5.87. The summed E-state index contributed by atoms with van der Waals surface area (Å²) in [7, 11) is 5.18. The zero-order chi connectivity index (χ0) is 27.5. The van der Waals surface area contributed by atoms with Gasteiger partial charge in [0.25, 0.3) is 0 Å². The van der Waals surface area contributed by atoms with E-state index in [1.807, 2.05) is 62.4 Å². The number of carbonyl (C=O) groups is 1. The van der Waals surface area contributed by atoms with Crippen LogP contribution in [-0.2, 0) is 23.1 Å². The molecule has 0 radical (unpaired) electrons. The monoisotopic (exact) mass is 553 g/mol. The lowest BCUT2D eigenvalue weighted by Crippen LogP contribution is -2.45. The summed E-state index contributed by atoms with van der Waals surface area (Å²) in [5.74, 6) is 0.418. The summed E-state index contributed by atoms with van der Waals surface area (Å²) in [6, 6.07) is 11.2. The molecule has 13 heteroatoms. The van der Waals surface area contributed by atoms with Crippen LogP contribution in [0.3, 0.4) is 0 Å². The van der Waals surface area contributed by atoms with Gasteiger partial charge in [-0.2, -0.15) is 10.1 Å². The second kappa shape index (κ2) is 11.6. The van der Waals surface area contributed by atoms with Crippen molar-refractivity contribution in [3.05, 3.63) is 52.8 Å². The summed E-state index contributed by atoms with van der Waals surface area (Å²) in [5.41, 5.74) is 3.84. The number of nitrogens with zero attached hydrogens (tertiary/aromatic N) is 8. The van der Waals surface area contributed by atoms with Gasteiger partial charge in [0.1, 0.15) is 11.4 Å². The second-order valence-electron chi connectivity index (χ2n) is 9.71. The van der Waals surface area contributed by atoms with E-state index < -0.39 is 0 Å². The highest BCUT2D eigenvalue weighted by atomic mass is 35.5. The molecule has 3 aromatic rings. The number of hydrogen-bond donors (Lipinski definition) is 1. The van der Waals surface area contributed by atoms with Crippen LogP contribution in [0.5, 0.6) is 5.75 Å². The Morgan fingerprint density at radius 2 is 1.95 bits per heavy atom. The molecule has 12 nitrogen and oxygen atoms in total. The molecule has 1 unspecified atom stereocenters. The molecule has 0 spiro atoms. The van der Waals surface area contributed by atoms with Crippen molar-refractivity contribution in [2.24, 2.45) is 23.3 Å². The highest BCUT2D eigenvalue weighted by Crippen LogP contribution is 2.31. The number of hydrogen-bond acceptors (Lipinski definition) is 11. The van der Waals surface area contributed by atoms with Crippen LogP contribution in [0.1, 0.15) is 37.1 Å². The largest absolute Gasteiger partial charge is 0.489 e. The molecule has 3 atom stereocenters. The van der Waals surface area contributed by atoms with Crippen molar-refractivity contribution in [2.75, 3.05) is 19.3 Å². The fraction of sp³-hybridized carbons (Fsp3) is 0.462. The van der Waals surface area contributed by atoms with E-state index in [-0.39, 0.29) is 24.3 Å². The van der Waals surface area contributed by atoms with Crippen molar-refractivity contribution < 1.29 is 14.3 Å². The Hall–Kier alpha value is -3.61. The third-order valence-electron chi connectivity index (χ3n) is 7.09. The highest BCUT2D eigenvalue weighted by molar-refractivity contribution is 6.30. The number of aryl methyl sites for hydroxylation is 2. The number of benzene rings is 1. The van der Waals surface area contributed by atoms with Crippen LogP contribution in [0, 0.1) is 12.8 Å². The fourth-order valence-corrected chi connectivity index (χ4v) is 5.03. The van der Waals surface area contributed by atoms with Gasteiger partial charge < -0.3 is 9.47 Å². The average Bonchev–Trinajstić information content (AvgIpc) is 3.50. The first-order valence-corrected chi connectivity index (χ1v) is 13.3. The minimum Gasteiger partial charge on any atom is -0.489 e. The van der Waals surface area contributed by atoms with Gasteiger partial charge in [-0.05, 0) is 69.0 Å². The third-order valence-corrected chi connectivity index (χ3v) is 7.34. The topological polar surface area (TPSA) is 122 Å². The van der Waals surface area contributed by atoms with E-state index in [0.717, 1.165) is 36.3 Å². The Morgan fingerprint density at radius 3 is 2.69 bits per heavy atom. The molecule has 1 saturated carbocycles. The molecule has 2 aliphatic rings. The lowest BCUT2D eigenvalue weighted by atomic mass is 9.87. The van der Waals surface area contributed by atoms with Crippen LogP contribution < -0.4 is 15.2 Å². The molecular formula is C26H32ClN9O3. The van der Waals surface area contributed by atoms with Crippen molar-refractivity contribution in [3.63, 3.8) is 0 Å². The van der Waals surface area contributed by atoms with Crippen LogP contribution in [0.2, 0.25) is 5.02 Å². The normalized spacial score (nSPS) is 21.4. The minimum atomic E-state index is -0.377. The molecule has 0 bridgehead atoms. The quantitative estimate of drug-likeness (QED) is 0.411. The van der Waals surface area contributed by atoms with E-state index in [0.29, 0.717) is 35.1 Å². The zero-order valence-electron chi connectivity index (χ0n) is 22.4. The van der Waals surface area contributed by atoms with E-state index in [2.05, 4.69) is 26.0 Å². The molecule has 2 aromatic heterocycles.